The van der Waals surface area contributed by atoms with Crippen LogP contribution in [0.1, 0.15) is 49.8 Å². The second-order valence-electron chi connectivity index (χ2n) is 4.69. The molecule has 0 heterocycles. The van der Waals surface area contributed by atoms with Gasteiger partial charge in [0.25, 0.3) is 0 Å². The molecular weight excluding hydrogens is 236 g/mol. The first kappa shape index (κ1) is 15.5. The van der Waals surface area contributed by atoms with Crippen LogP contribution in [-0.4, -0.2) is 5.97 Å². The van der Waals surface area contributed by atoms with Crippen molar-refractivity contribution in [1.29, 1.82) is 0 Å². The molecule has 1 aromatic rings. The quantitative estimate of drug-likeness (QED) is 0.517. The van der Waals surface area contributed by atoms with E-state index < -0.39 is 0 Å². The summed E-state index contributed by atoms with van der Waals surface area (Å²) < 4.78 is 5.33. The Labute approximate surface area is 116 Å². The van der Waals surface area contributed by atoms with Crippen LogP contribution in [0.25, 0.3) is 0 Å². The Morgan fingerprint density at radius 1 is 1.32 bits per heavy atom. The maximum atomic E-state index is 11.5. The maximum Gasteiger partial charge on any atom is 0.306 e. The average Bonchev–Trinajstić information content (AvgIpc) is 2.44. The Bertz CT molecular complexity index is 421. The Balaban J connectivity index is 2.68. The monoisotopic (exact) mass is 260 g/mol. The molecule has 0 saturated carbocycles. The molecule has 0 atom stereocenters. The van der Waals surface area contributed by atoms with Gasteiger partial charge < -0.3 is 4.74 Å². The summed E-state index contributed by atoms with van der Waals surface area (Å²) in [5.41, 5.74) is 3.72. The first-order chi connectivity index (χ1) is 9.21. The van der Waals surface area contributed by atoms with Crippen molar-refractivity contribution in [2.24, 2.45) is 0 Å². The number of carbonyl (C=O) groups excluding carboxylic acids is 1. The molecule has 1 aromatic carbocycles. The fraction of sp³-hybridized carbons (Fsp3) is 0.471. The molecule has 2 nitrogen and oxygen atoms in total. The first-order valence-corrected chi connectivity index (χ1v) is 7.08. The number of carbonyl (C=O) groups is 1. The fourth-order valence-electron chi connectivity index (χ4n) is 2.00. The van der Waals surface area contributed by atoms with E-state index in [1.807, 2.05) is 0 Å². The molecule has 0 radical (unpaired) electrons. The van der Waals surface area contributed by atoms with Gasteiger partial charge in [-0.3, -0.25) is 4.79 Å². The van der Waals surface area contributed by atoms with Gasteiger partial charge >= 0.3 is 5.97 Å². The Morgan fingerprint density at radius 3 is 2.74 bits per heavy atom. The lowest BCUT2D eigenvalue weighted by atomic mass is 10.00. The summed E-state index contributed by atoms with van der Waals surface area (Å²) in [6.07, 6.45) is 5.97. The predicted molar refractivity (Wildman–Crippen MR) is 79.0 cm³/mol. The average molecular weight is 260 g/mol. The number of benzene rings is 1. The predicted octanol–water partition coefficient (Wildman–Crippen LogP) is 4.21. The molecule has 1 rings (SSSR count). The summed E-state index contributed by atoms with van der Waals surface area (Å²) in [7, 11) is 0. The zero-order chi connectivity index (χ0) is 14.1. The van der Waals surface area contributed by atoms with Gasteiger partial charge in [0, 0.05) is 6.42 Å². The van der Waals surface area contributed by atoms with Gasteiger partial charge in [0.1, 0.15) is 6.61 Å². The van der Waals surface area contributed by atoms with Crippen molar-refractivity contribution in [1.82, 2.24) is 0 Å². The van der Waals surface area contributed by atoms with Crippen LogP contribution < -0.4 is 0 Å². The molecule has 0 N–H and O–H groups in total. The lowest BCUT2D eigenvalue weighted by Gasteiger charge is -2.11. The summed E-state index contributed by atoms with van der Waals surface area (Å²) in [4.78, 5) is 11.5. The minimum atomic E-state index is -0.149. The number of aryl methyl sites for hydroxylation is 2. The third-order valence-corrected chi connectivity index (χ3v) is 3.14. The molecule has 0 bridgehead atoms. The molecule has 0 unspecified atom stereocenters. The Morgan fingerprint density at radius 2 is 2.11 bits per heavy atom. The van der Waals surface area contributed by atoms with Crippen LogP contribution in [0, 0.1) is 0 Å². The van der Waals surface area contributed by atoms with Crippen molar-refractivity contribution in [2.45, 2.75) is 52.6 Å². The van der Waals surface area contributed by atoms with E-state index in [1.54, 1.807) is 6.08 Å². The van der Waals surface area contributed by atoms with Gasteiger partial charge in [-0.15, -0.1) is 6.58 Å². The SMILES string of the molecule is C=CCCC(=O)OCc1cc(CC)ccc1CCC. The smallest absolute Gasteiger partial charge is 0.306 e. The van der Waals surface area contributed by atoms with Gasteiger partial charge in [-0.1, -0.05) is 44.5 Å². The molecule has 2 heteroatoms. The molecule has 0 aliphatic heterocycles. The van der Waals surface area contributed by atoms with E-state index in [9.17, 15) is 4.79 Å². The zero-order valence-corrected chi connectivity index (χ0v) is 12.1. The van der Waals surface area contributed by atoms with Crippen LogP contribution in [0.4, 0.5) is 0 Å². The van der Waals surface area contributed by atoms with Crippen molar-refractivity contribution in [3.05, 3.63) is 47.5 Å². The number of hydrogen-bond acceptors (Lipinski definition) is 2. The molecule has 0 saturated heterocycles. The van der Waals surface area contributed by atoms with Gasteiger partial charge in [-0.25, -0.2) is 0 Å². The highest BCUT2D eigenvalue weighted by atomic mass is 16.5. The fourth-order valence-corrected chi connectivity index (χ4v) is 2.00. The first-order valence-electron chi connectivity index (χ1n) is 7.08. The van der Waals surface area contributed by atoms with Gasteiger partial charge in [-0.05, 0) is 36.0 Å². The van der Waals surface area contributed by atoms with Crippen molar-refractivity contribution in [2.75, 3.05) is 0 Å². The molecule has 0 fully saturated rings. The summed E-state index contributed by atoms with van der Waals surface area (Å²) >= 11 is 0. The lowest BCUT2D eigenvalue weighted by molar-refractivity contribution is -0.144. The minimum absolute atomic E-state index is 0.149. The standard InChI is InChI=1S/C17H24O2/c1-4-7-9-17(18)19-13-16-12-14(6-3)10-11-15(16)8-5-2/h4,10-12H,1,5-9,13H2,2-3H3. The van der Waals surface area contributed by atoms with E-state index in [4.69, 9.17) is 4.74 Å². The summed E-state index contributed by atoms with van der Waals surface area (Å²) in [5, 5.41) is 0. The van der Waals surface area contributed by atoms with Crippen molar-refractivity contribution in [3.8, 4) is 0 Å². The topological polar surface area (TPSA) is 26.3 Å². The van der Waals surface area contributed by atoms with Crippen molar-refractivity contribution < 1.29 is 9.53 Å². The van der Waals surface area contributed by atoms with Gasteiger partial charge in [0.15, 0.2) is 0 Å². The third-order valence-electron chi connectivity index (χ3n) is 3.14. The summed E-state index contributed by atoms with van der Waals surface area (Å²) in [6, 6.07) is 6.48. The van der Waals surface area contributed by atoms with E-state index in [-0.39, 0.29) is 5.97 Å². The van der Waals surface area contributed by atoms with Crippen LogP contribution in [0.2, 0.25) is 0 Å². The number of rotatable bonds is 8. The molecule has 104 valence electrons. The molecule has 0 aromatic heterocycles. The van der Waals surface area contributed by atoms with Gasteiger partial charge in [0.2, 0.25) is 0 Å². The zero-order valence-electron chi connectivity index (χ0n) is 12.1. The lowest BCUT2D eigenvalue weighted by Crippen LogP contribution is -2.06. The summed E-state index contributed by atoms with van der Waals surface area (Å²) in [5.74, 6) is -0.149. The molecule has 0 aliphatic carbocycles. The van der Waals surface area contributed by atoms with Gasteiger partial charge in [0.05, 0.1) is 0 Å². The van der Waals surface area contributed by atoms with Crippen molar-refractivity contribution in [3.63, 3.8) is 0 Å². The molecule has 0 spiro atoms. The minimum Gasteiger partial charge on any atom is -0.461 e. The van der Waals surface area contributed by atoms with Crippen LogP contribution >= 0.6 is 0 Å². The van der Waals surface area contributed by atoms with Crippen molar-refractivity contribution >= 4 is 5.97 Å². The molecule has 19 heavy (non-hydrogen) atoms. The third kappa shape index (κ3) is 5.29. The number of hydrogen-bond donors (Lipinski definition) is 0. The number of allylic oxidation sites excluding steroid dienone is 1. The van der Waals surface area contributed by atoms with E-state index in [0.717, 1.165) is 24.8 Å². The van der Waals surface area contributed by atoms with E-state index in [0.29, 0.717) is 19.4 Å². The highest BCUT2D eigenvalue weighted by Crippen LogP contribution is 2.16. The van der Waals surface area contributed by atoms with E-state index in [1.165, 1.54) is 11.1 Å². The molecular formula is C17H24O2. The van der Waals surface area contributed by atoms with Crippen LogP contribution in [0.3, 0.4) is 0 Å². The summed E-state index contributed by atoms with van der Waals surface area (Å²) in [6.45, 7) is 8.29. The second kappa shape index (κ2) is 8.52. The Hall–Kier alpha value is -1.57. The highest BCUT2D eigenvalue weighted by molar-refractivity contribution is 5.69. The largest absolute Gasteiger partial charge is 0.461 e. The highest BCUT2D eigenvalue weighted by Gasteiger charge is 2.07. The molecule has 0 aliphatic rings. The molecule has 0 amide bonds. The maximum absolute atomic E-state index is 11.5. The number of ether oxygens (including phenoxy) is 1. The second-order valence-corrected chi connectivity index (χ2v) is 4.69. The van der Waals surface area contributed by atoms with Crippen LogP contribution in [0.5, 0.6) is 0 Å². The van der Waals surface area contributed by atoms with Crippen LogP contribution in [-0.2, 0) is 29.0 Å². The van der Waals surface area contributed by atoms with Gasteiger partial charge in [-0.2, -0.15) is 0 Å². The number of esters is 1. The van der Waals surface area contributed by atoms with Crippen LogP contribution in [0.15, 0.2) is 30.9 Å². The Kier molecular flexibility index (Phi) is 6.94. The van der Waals surface area contributed by atoms with E-state index >= 15 is 0 Å². The van der Waals surface area contributed by atoms with E-state index in [2.05, 4.69) is 38.6 Å². The normalized spacial score (nSPS) is 10.2.